The van der Waals surface area contributed by atoms with Gasteiger partial charge in [-0.25, -0.2) is 0 Å². The maximum Gasteiger partial charge on any atom is 0.298 e. The summed E-state index contributed by atoms with van der Waals surface area (Å²) in [5, 5.41) is 0.594. The van der Waals surface area contributed by atoms with E-state index in [0.29, 0.717) is 5.19 Å². The number of halogens is 1. The molecule has 0 spiro atoms. The van der Waals surface area contributed by atoms with Gasteiger partial charge in [-0.05, 0) is 54.1 Å². The van der Waals surface area contributed by atoms with E-state index < -0.39 is 0 Å². The zero-order valence-electron chi connectivity index (χ0n) is 8.32. The Kier molecular flexibility index (Phi) is 3.20. The fourth-order valence-corrected chi connectivity index (χ4v) is 2.10. The van der Waals surface area contributed by atoms with Gasteiger partial charge in [0, 0.05) is 11.5 Å². The summed E-state index contributed by atoms with van der Waals surface area (Å²) in [7, 11) is 0. The van der Waals surface area contributed by atoms with Crippen LogP contribution in [0.5, 0.6) is 10.9 Å². The number of aromatic nitrogens is 2. The third-order valence-corrected chi connectivity index (χ3v) is 3.37. The van der Waals surface area contributed by atoms with Gasteiger partial charge in [-0.2, -0.15) is 9.36 Å². The Balaban J connectivity index is 2.27. The number of nitrogens with zero attached hydrogens (tertiary/aromatic N) is 2. The van der Waals surface area contributed by atoms with Crippen LogP contribution >= 0.6 is 34.1 Å². The van der Waals surface area contributed by atoms with Gasteiger partial charge in [-0.1, -0.05) is 6.07 Å². The number of hydrogen-bond acceptors (Lipinski definition) is 4. The molecule has 0 aliphatic carbocycles. The molecule has 0 fully saturated rings. The van der Waals surface area contributed by atoms with E-state index in [2.05, 4.69) is 38.0 Å². The van der Waals surface area contributed by atoms with Crippen LogP contribution in [-0.4, -0.2) is 9.36 Å². The van der Waals surface area contributed by atoms with Gasteiger partial charge >= 0.3 is 0 Å². The molecule has 0 atom stereocenters. The quantitative estimate of drug-likeness (QED) is 0.789. The van der Waals surface area contributed by atoms with E-state index in [0.717, 1.165) is 15.1 Å². The Labute approximate surface area is 106 Å². The lowest BCUT2D eigenvalue weighted by Crippen LogP contribution is -1.87. The molecule has 15 heavy (non-hydrogen) atoms. The second-order valence-electron chi connectivity index (χ2n) is 3.14. The van der Waals surface area contributed by atoms with Crippen LogP contribution in [0.25, 0.3) is 0 Å². The van der Waals surface area contributed by atoms with Gasteiger partial charge in [-0.3, -0.25) is 0 Å². The van der Waals surface area contributed by atoms with Gasteiger partial charge < -0.3 is 4.74 Å². The fourth-order valence-electron chi connectivity index (χ4n) is 1.10. The predicted molar refractivity (Wildman–Crippen MR) is 68.6 cm³/mol. The molecule has 1 aromatic heterocycles. The Morgan fingerprint density at radius 3 is 2.80 bits per heavy atom. The molecule has 1 aromatic carbocycles. The Morgan fingerprint density at radius 2 is 2.13 bits per heavy atom. The zero-order valence-corrected chi connectivity index (χ0v) is 11.3. The Bertz CT molecular complexity index is 484. The van der Waals surface area contributed by atoms with Crippen molar-refractivity contribution >= 4 is 34.1 Å². The minimum absolute atomic E-state index is 0.594. The normalized spacial score (nSPS) is 10.3. The molecule has 78 valence electrons. The topological polar surface area (TPSA) is 35.0 Å². The van der Waals surface area contributed by atoms with Crippen molar-refractivity contribution in [1.82, 2.24) is 9.36 Å². The molecule has 0 bridgehead atoms. The first-order valence-electron chi connectivity index (χ1n) is 4.39. The van der Waals surface area contributed by atoms with Crippen LogP contribution in [0.2, 0.25) is 0 Å². The molecule has 0 aliphatic heterocycles. The zero-order chi connectivity index (χ0) is 10.8. The van der Waals surface area contributed by atoms with E-state index >= 15 is 0 Å². The van der Waals surface area contributed by atoms with E-state index in [9.17, 15) is 0 Å². The first-order chi connectivity index (χ1) is 7.15. The molecular formula is C10H9IN2OS. The maximum absolute atomic E-state index is 5.65. The fraction of sp³-hybridized carbons (Fsp3) is 0.200. The number of benzene rings is 1. The van der Waals surface area contributed by atoms with Gasteiger partial charge in [0.05, 0.1) is 3.57 Å². The van der Waals surface area contributed by atoms with Crippen LogP contribution in [0.3, 0.4) is 0 Å². The standard InChI is InChI=1S/C10H9IN2OS/c1-6-3-4-8(11)9(5-6)14-10-12-7(2)13-15-10/h3-5H,1-2H3. The lowest BCUT2D eigenvalue weighted by molar-refractivity contribution is 0.474. The molecule has 1 heterocycles. The Morgan fingerprint density at radius 1 is 1.33 bits per heavy atom. The van der Waals surface area contributed by atoms with Crippen LogP contribution < -0.4 is 4.74 Å². The van der Waals surface area contributed by atoms with E-state index in [4.69, 9.17) is 4.74 Å². The van der Waals surface area contributed by atoms with Crippen LogP contribution in [0.15, 0.2) is 18.2 Å². The van der Waals surface area contributed by atoms with Crippen LogP contribution in [-0.2, 0) is 0 Å². The summed E-state index contributed by atoms with van der Waals surface area (Å²) in [6, 6.07) is 6.08. The molecule has 0 amide bonds. The third-order valence-electron chi connectivity index (χ3n) is 1.79. The second-order valence-corrected chi connectivity index (χ2v) is 5.02. The van der Waals surface area contributed by atoms with Crippen molar-refractivity contribution < 1.29 is 4.74 Å². The molecule has 2 aromatic rings. The van der Waals surface area contributed by atoms with Crippen molar-refractivity contribution in [2.24, 2.45) is 0 Å². The maximum atomic E-state index is 5.65. The summed E-state index contributed by atoms with van der Waals surface area (Å²) < 4.78 is 10.8. The van der Waals surface area contributed by atoms with Crippen LogP contribution in [0.1, 0.15) is 11.4 Å². The molecule has 0 N–H and O–H groups in total. The van der Waals surface area contributed by atoms with Crippen molar-refractivity contribution in [1.29, 1.82) is 0 Å². The molecule has 0 saturated heterocycles. The lowest BCUT2D eigenvalue weighted by atomic mass is 10.2. The number of hydrogen-bond donors (Lipinski definition) is 0. The van der Waals surface area contributed by atoms with E-state index in [1.807, 2.05) is 26.0 Å². The highest BCUT2D eigenvalue weighted by Gasteiger charge is 2.06. The van der Waals surface area contributed by atoms with E-state index in [1.54, 1.807) is 0 Å². The van der Waals surface area contributed by atoms with Gasteiger partial charge in [0.2, 0.25) is 0 Å². The lowest BCUT2D eigenvalue weighted by Gasteiger charge is -2.04. The molecule has 0 aliphatic rings. The third kappa shape index (κ3) is 2.66. The summed E-state index contributed by atoms with van der Waals surface area (Å²) in [4.78, 5) is 4.16. The number of aryl methyl sites for hydroxylation is 2. The first kappa shape index (κ1) is 10.8. The summed E-state index contributed by atoms with van der Waals surface area (Å²) >= 11 is 3.51. The molecule has 3 nitrogen and oxygen atoms in total. The molecule has 2 rings (SSSR count). The Hall–Kier alpha value is -0.690. The highest BCUT2D eigenvalue weighted by molar-refractivity contribution is 14.1. The average Bonchev–Trinajstić information content (AvgIpc) is 2.58. The summed E-state index contributed by atoms with van der Waals surface area (Å²) in [5.41, 5.74) is 1.17. The highest BCUT2D eigenvalue weighted by atomic mass is 127. The average molecular weight is 332 g/mol. The largest absolute Gasteiger partial charge is 0.429 e. The molecular weight excluding hydrogens is 323 g/mol. The van der Waals surface area contributed by atoms with E-state index in [1.165, 1.54) is 17.1 Å². The monoisotopic (exact) mass is 332 g/mol. The highest BCUT2D eigenvalue weighted by Crippen LogP contribution is 2.28. The molecule has 5 heteroatoms. The van der Waals surface area contributed by atoms with Gasteiger partial charge in [-0.15, -0.1) is 0 Å². The SMILES string of the molecule is Cc1ccc(I)c(Oc2nc(C)ns2)c1. The van der Waals surface area contributed by atoms with Crippen molar-refractivity contribution in [3.63, 3.8) is 0 Å². The van der Waals surface area contributed by atoms with Crippen LogP contribution in [0, 0.1) is 17.4 Å². The minimum Gasteiger partial charge on any atom is -0.429 e. The number of rotatable bonds is 2. The van der Waals surface area contributed by atoms with Gasteiger partial charge in [0.1, 0.15) is 11.6 Å². The van der Waals surface area contributed by atoms with Gasteiger partial charge in [0.25, 0.3) is 5.19 Å². The minimum atomic E-state index is 0.594. The molecule has 0 radical (unpaired) electrons. The van der Waals surface area contributed by atoms with Gasteiger partial charge in [0.15, 0.2) is 0 Å². The van der Waals surface area contributed by atoms with E-state index in [-0.39, 0.29) is 0 Å². The van der Waals surface area contributed by atoms with Crippen molar-refractivity contribution in [3.05, 3.63) is 33.2 Å². The van der Waals surface area contributed by atoms with Crippen molar-refractivity contribution in [3.8, 4) is 10.9 Å². The first-order valence-corrected chi connectivity index (χ1v) is 6.24. The summed E-state index contributed by atoms with van der Waals surface area (Å²) in [6.07, 6.45) is 0. The number of ether oxygens (including phenoxy) is 1. The summed E-state index contributed by atoms with van der Waals surface area (Å²) in [6.45, 7) is 3.89. The smallest absolute Gasteiger partial charge is 0.298 e. The van der Waals surface area contributed by atoms with Crippen molar-refractivity contribution in [2.45, 2.75) is 13.8 Å². The molecule has 0 saturated carbocycles. The second kappa shape index (κ2) is 4.44. The summed E-state index contributed by atoms with van der Waals surface area (Å²) in [5.74, 6) is 1.59. The van der Waals surface area contributed by atoms with Crippen LogP contribution in [0.4, 0.5) is 0 Å². The van der Waals surface area contributed by atoms with Crippen molar-refractivity contribution in [2.75, 3.05) is 0 Å². The predicted octanol–water partition coefficient (Wildman–Crippen LogP) is 3.55. The molecule has 0 unspecified atom stereocenters.